The minimum absolute atomic E-state index is 0.158. The van der Waals surface area contributed by atoms with Crippen molar-refractivity contribution in [2.75, 3.05) is 31.6 Å². The zero-order valence-electron chi connectivity index (χ0n) is 13.1. The molecule has 0 radical (unpaired) electrons. The minimum Gasteiger partial charge on any atom is -0.386 e. The quantitative estimate of drug-likeness (QED) is 0.922. The Morgan fingerprint density at radius 2 is 2.35 bits per heavy atom. The van der Waals surface area contributed by atoms with E-state index in [1.807, 2.05) is 18.2 Å². The molecular formula is C16H20N4O2S. The van der Waals surface area contributed by atoms with Crippen molar-refractivity contribution in [2.24, 2.45) is 0 Å². The van der Waals surface area contributed by atoms with Crippen molar-refractivity contribution in [2.45, 2.75) is 18.4 Å². The van der Waals surface area contributed by atoms with E-state index in [0.29, 0.717) is 18.7 Å². The van der Waals surface area contributed by atoms with Gasteiger partial charge in [-0.3, -0.25) is 4.79 Å². The number of aliphatic hydroxyl groups is 1. The molecule has 122 valence electrons. The Bertz CT molecular complexity index is 649. The first kappa shape index (κ1) is 15.9. The van der Waals surface area contributed by atoms with Crippen LogP contribution in [0.15, 0.2) is 35.3 Å². The number of β-amino-alcohol motifs (C(OH)–C–C–N with tert-alkyl or cyclic N) is 1. The summed E-state index contributed by atoms with van der Waals surface area (Å²) < 4.78 is 0. The van der Waals surface area contributed by atoms with Gasteiger partial charge in [0.2, 0.25) is 0 Å². The lowest BCUT2D eigenvalue weighted by atomic mass is 9.92. The number of aromatic nitrogens is 2. The number of pyridine rings is 1. The van der Waals surface area contributed by atoms with E-state index in [0.717, 1.165) is 18.8 Å². The lowest BCUT2D eigenvalue weighted by molar-refractivity contribution is -0.000256. The van der Waals surface area contributed by atoms with Gasteiger partial charge in [-0.1, -0.05) is 6.07 Å². The summed E-state index contributed by atoms with van der Waals surface area (Å²) in [6.07, 6.45) is 3.29. The van der Waals surface area contributed by atoms with Crippen LogP contribution < -0.4 is 4.90 Å². The molecule has 6 nitrogen and oxygen atoms in total. The van der Waals surface area contributed by atoms with Gasteiger partial charge in [0.05, 0.1) is 17.7 Å². The smallest absolute Gasteiger partial charge is 0.273 e. The maximum atomic E-state index is 12.3. The number of rotatable bonds is 4. The van der Waals surface area contributed by atoms with Crippen LogP contribution in [0.4, 0.5) is 5.82 Å². The number of thiazole rings is 1. The zero-order chi connectivity index (χ0) is 16.3. The molecule has 1 saturated heterocycles. The standard InChI is InChI=1S/C16H20N4O2S/c1-19(15(21)13-9-23-12-18-13)10-16(22)6-4-8-20(11-16)14-5-2-3-7-17-14/h2-3,5,7,9,12,22H,4,6,8,10-11H2,1H3/t16-/m0/s1. The first-order chi connectivity index (χ1) is 11.1. The van der Waals surface area contributed by atoms with E-state index < -0.39 is 5.60 Å². The molecule has 1 aliphatic heterocycles. The molecule has 3 rings (SSSR count). The average Bonchev–Trinajstić information content (AvgIpc) is 3.09. The lowest BCUT2D eigenvalue weighted by Crippen LogP contribution is -2.54. The van der Waals surface area contributed by atoms with E-state index in [1.54, 1.807) is 29.0 Å². The van der Waals surface area contributed by atoms with Gasteiger partial charge in [0.1, 0.15) is 11.5 Å². The number of nitrogens with zero attached hydrogens (tertiary/aromatic N) is 4. The molecule has 2 aromatic rings. The first-order valence-electron chi connectivity index (χ1n) is 7.59. The molecule has 23 heavy (non-hydrogen) atoms. The van der Waals surface area contributed by atoms with Crippen molar-refractivity contribution in [3.63, 3.8) is 0 Å². The third-order valence-electron chi connectivity index (χ3n) is 4.06. The zero-order valence-corrected chi connectivity index (χ0v) is 13.9. The van der Waals surface area contributed by atoms with Crippen LogP contribution in [0, 0.1) is 0 Å². The summed E-state index contributed by atoms with van der Waals surface area (Å²) in [6.45, 7) is 1.62. The highest BCUT2D eigenvalue weighted by atomic mass is 32.1. The highest BCUT2D eigenvalue weighted by molar-refractivity contribution is 7.07. The van der Waals surface area contributed by atoms with E-state index >= 15 is 0 Å². The van der Waals surface area contributed by atoms with Crippen molar-refractivity contribution >= 4 is 23.1 Å². The number of hydrogen-bond acceptors (Lipinski definition) is 6. The fourth-order valence-electron chi connectivity index (χ4n) is 3.00. The molecule has 0 unspecified atom stereocenters. The minimum atomic E-state index is -0.934. The van der Waals surface area contributed by atoms with Crippen molar-refractivity contribution in [3.05, 3.63) is 41.0 Å². The van der Waals surface area contributed by atoms with Crippen molar-refractivity contribution in [1.29, 1.82) is 0 Å². The van der Waals surface area contributed by atoms with Crippen LogP contribution >= 0.6 is 11.3 Å². The van der Waals surface area contributed by atoms with E-state index in [-0.39, 0.29) is 12.5 Å². The van der Waals surface area contributed by atoms with Crippen LogP contribution in [0.2, 0.25) is 0 Å². The van der Waals surface area contributed by atoms with E-state index in [2.05, 4.69) is 14.9 Å². The molecule has 3 heterocycles. The van der Waals surface area contributed by atoms with Gasteiger partial charge in [0.25, 0.3) is 5.91 Å². The van der Waals surface area contributed by atoms with Gasteiger partial charge in [-0.05, 0) is 25.0 Å². The Morgan fingerprint density at radius 1 is 1.48 bits per heavy atom. The van der Waals surface area contributed by atoms with Gasteiger partial charge in [-0.25, -0.2) is 9.97 Å². The molecule has 1 atom stereocenters. The maximum absolute atomic E-state index is 12.3. The van der Waals surface area contributed by atoms with Crippen molar-refractivity contribution < 1.29 is 9.90 Å². The van der Waals surface area contributed by atoms with Crippen LogP contribution in [0.1, 0.15) is 23.3 Å². The second kappa shape index (κ2) is 6.64. The predicted molar refractivity (Wildman–Crippen MR) is 89.7 cm³/mol. The Balaban J connectivity index is 1.67. The fourth-order valence-corrected chi connectivity index (χ4v) is 3.53. The number of carbonyl (C=O) groups is 1. The Morgan fingerprint density at radius 3 is 3.04 bits per heavy atom. The Kier molecular flexibility index (Phi) is 4.58. The molecule has 7 heteroatoms. The molecule has 2 aromatic heterocycles. The van der Waals surface area contributed by atoms with Gasteiger partial charge in [-0.2, -0.15) is 0 Å². The first-order valence-corrected chi connectivity index (χ1v) is 8.54. The Labute approximate surface area is 139 Å². The second-order valence-corrected chi connectivity index (χ2v) is 6.69. The summed E-state index contributed by atoms with van der Waals surface area (Å²) in [5, 5.41) is 12.7. The van der Waals surface area contributed by atoms with Gasteiger partial charge < -0.3 is 14.9 Å². The van der Waals surface area contributed by atoms with E-state index in [9.17, 15) is 9.90 Å². The molecule has 1 N–H and O–H groups in total. The largest absolute Gasteiger partial charge is 0.386 e. The van der Waals surface area contributed by atoms with Crippen molar-refractivity contribution in [1.82, 2.24) is 14.9 Å². The summed E-state index contributed by atoms with van der Waals surface area (Å²) in [5.74, 6) is 0.703. The normalized spacial score (nSPS) is 21.2. The summed E-state index contributed by atoms with van der Waals surface area (Å²) >= 11 is 1.39. The predicted octanol–water partition coefficient (Wildman–Crippen LogP) is 1.64. The average molecular weight is 332 g/mol. The monoisotopic (exact) mass is 332 g/mol. The number of amides is 1. The number of piperidine rings is 1. The number of hydrogen-bond donors (Lipinski definition) is 1. The summed E-state index contributed by atoms with van der Waals surface area (Å²) in [5.41, 5.74) is 1.13. The molecule has 1 amide bonds. The molecule has 0 saturated carbocycles. The summed E-state index contributed by atoms with van der Waals surface area (Å²) in [4.78, 5) is 24.3. The SMILES string of the molecule is CN(C[C@@]1(O)CCCN(c2ccccn2)C1)C(=O)c1cscn1. The van der Waals surface area contributed by atoms with Crippen LogP contribution in [0.5, 0.6) is 0 Å². The third-order valence-corrected chi connectivity index (χ3v) is 4.64. The molecule has 0 aromatic carbocycles. The van der Waals surface area contributed by atoms with Crippen molar-refractivity contribution in [3.8, 4) is 0 Å². The van der Waals surface area contributed by atoms with Gasteiger partial charge in [0.15, 0.2) is 0 Å². The molecule has 0 bridgehead atoms. The topological polar surface area (TPSA) is 69.6 Å². The van der Waals surface area contributed by atoms with Crippen LogP contribution in [0.3, 0.4) is 0 Å². The van der Waals surface area contributed by atoms with Crippen LogP contribution in [0.25, 0.3) is 0 Å². The van der Waals surface area contributed by atoms with Gasteiger partial charge in [0, 0.05) is 31.7 Å². The molecule has 1 fully saturated rings. The second-order valence-electron chi connectivity index (χ2n) is 5.97. The maximum Gasteiger partial charge on any atom is 0.273 e. The van der Waals surface area contributed by atoms with E-state index in [4.69, 9.17) is 0 Å². The summed E-state index contributed by atoms with van der Waals surface area (Å²) in [6, 6.07) is 5.75. The molecule has 0 spiro atoms. The Hall–Kier alpha value is -1.99. The number of carbonyl (C=O) groups excluding carboxylic acids is 1. The number of anilines is 1. The number of likely N-dealkylation sites (N-methyl/N-ethyl adjacent to an activating group) is 1. The highest BCUT2D eigenvalue weighted by Gasteiger charge is 2.36. The fraction of sp³-hybridized carbons (Fsp3) is 0.438. The van der Waals surface area contributed by atoms with Crippen LogP contribution in [-0.2, 0) is 0 Å². The lowest BCUT2D eigenvalue weighted by Gasteiger charge is -2.41. The van der Waals surface area contributed by atoms with Crippen LogP contribution in [-0.4, -0.2) is 58.2 Å². The molecule has 1 aliphatic rings. The molecular weight excluding hydrogens is 312 g/mol. The highest BCUT2D eigenvalue weighted by Crippen LogP contribution is 2.25. The van der Waals surface area contributed by atoms with E-state index in [1.165, 1.54) is 11.3 Å². The van der Waals surface area contributed by atoms with Gasteiger partial charge >= 0.3 is 0 Å². The molecule has 0 aliphatic carbocycles. The van der Waals surface area contributed by atoms with Gasteiger partial charge in [-0.15, -0.1) is 11.3 Å². The third kappa shape index (κ3) is 3.68. The summed E-state index contributed by atoms with van der Waals surface area (Å²) in [7, 11) is 1.71.